The smallest absolute Gasteiger partial charge is 0.219 e. The molecule has 0 spiro atoms. The topological polar surface area (TPSA) is 32.3 Å². The molecular weight excluding hydrogens is 188 g/mol. The largest absolute Gasteiger partial charge is 0.336 e. The van der Waals surface area contributed by atoms with Gasteiger partial charge in [0.25, 0.3) is 0 Å². The molecule has 15 heavy (non-hydrogen) atoms. The SMILES string of the molecule is CC(=O)N1CCCC[C@@H]2NCCC[C@@]21C. The molecule has 0 aromatic carbocycles. The first-order valence-electron chi connectivity index (χ1n) is 6.16. The van der Waals surface area contributed by atoms with E-state index in [9.17, 15) is 4.79 Å². The van der Waals surface area contributed by atoms with Crippen molar-refractivity contribution in [2.24, 2.45) is 0 Å². The molecule has 86 valence electrons. The average Bonchev–Trinajstić information content (AvgIpc) is 2.36. The van der Waals surface area contributed by atoms with Gasteiger partial charge in [0.1, 0.15) is 0 Å². The number of nitrogens with zero attached hydrogens (tertiary/aromatic N) is 1. The molecule has 0 unspecified atom stereocenters. The van der Waals surface area contributed by atoms with Gasteiger partial charge in [-0.3, -0.25) is 4.79 Å². The summed E-state index contributed by atoms with van der Waals surface area (Å²) in [6.45, 7) is 6.04. The second-order valence-corrected chi connectivity index (χ2v) is 5.13. The lowest BCUT2D eigenvalue weighted by Gasteiger charge is -2.48. The summed E-state index contributed by atoms with van der Waals surface area (Å²) in [5.74, 6) is 0.244. The number of carbonyl (C=O) groups is 1. The highest BCUT2D eigenvalue weighted by molar-refractivity contribution is 5.74. The lowest BCUT2D eigenvalue weighted by atomic mass is 9.81. The number of amides is 1. The van der Waals surface area contributed by atoms with Crippen LogP contribution in [0.5, 0.6) is 0 Å². The molecule has 0 saturated carbocycles. The zero-order valence-electron chi connectivity index (χ0n) is 9.88. The Bertz CT molecular complexity index is 254. The maximum atomic E-state index is 11.7. The summed E-state index contributed by atoms with van der Waals surface area (Å²) in [5, 5.41) is 3.59. The summed E-state index contributed by atoms with van der Waals surface area (Å²) in [7, 11) is 0. The van der Waals surface area contributed by atoms with E-state index in [1.807, 2.05) is 0 Å². The van der Waals surface area contributed by atoms with Crippen LogP contribution in [0.25, 0.3) is 0 Å². The van der Waals surface area contributed by atoms with Gasteiger partial charge >= 0.3 is 0 Å². The Kier molecular flexibility index (Phi) is 3.01. The lowest BCUT2D eigenvalue weighted by Crippen LogP contribution is -2.62. The molecule has 2 saturated heterocycles. The van der Waals surface area contributed by atoms with Gasteiger partial charge in [-0.15, -0.1) is 0 Å². The second-order valence-electron chi connectivity index (χ2n) is 5.13. The highest BCUT2D eigenvalue weighted by atomic mass is 16.2. The summed E-state index contributed by atoms with van der Waals surface area (Å²) in [5.41, 5.74) is 0.0700. The standard InChI is InChI=1S/C12H22N2O/c1-10(15)14-9-4-3-6-11-12(14,2)7-5-8-13-11/h11,13H,3-9H2,1-2H3/t11-,12-/m0/s1. The third-order valence-electron chi connectivity index (χ3n) is 4.12. The van der Waals surface area contributed by atoms with Crippen LogP contribution >= 0.6 is 0 Å². The van der Waals surface area contributed by atoms with E-state index >= 15 is 0 Å². The van der Waals surface area contributed by atoms with Crippen molar-refractivity contribution in [3.63, 3.8) is 0 Å². The van der Waals surface area contributed by atoms with E-state index in [0.29, 0.717) is 6.04 Å². The van der Waals surface area contributed by atoms with Crippen molar-refractivity contribution in [1.82, 2.24) is 10.2 Å². The average molecular weight is 210 g/mol. The molecule has 0 aliphatic carbocycles. The minimum atomic E-state index is 0.0700. The van der Waals surface area contributed by atoms with Crippen molar-refractivity contribution in [3.05, 3.63) is 0 Å². The normalized spacial score (nSPS) is 36.9. The van der Waals surface area contributed by atoms with Crippen molar-refractivity contribution >= 4 is 5.91 Å². The van der Waals surface area contributed by atoms with Gasteiger partial charge in [-0.2, -0.15) is 0 Å². The fourth-order valence-electron chi connectivity index (χ4n) is 3.24. The van der Waals surface area contributed by atoms with Crippen LogP contribution in [0.2, 0.25) is 0 Å². The molecule has 2 aliphatic heterocycles. The van der Waals surface area contributed by atoms with Crippen LogP contribution in [0.1, 0.15) is 46.0 Å². The number of piperidine rings is 1. The molecule has 2 aliphatic rings. The monoisotopic (exact) mass is 210 g/mol. The summed E-state index contributed by atoms with van der Waals surface area (Å²) >= 11 is 0. The number of hydrogen-bond acceptors (Lipinski definition) is 2. The molecule has 0 bridgehead atoms. The molecule has 2 rings (SSSR count). The van der Waals surface area contributed by atoms with E-state index in [1.165, 1.54) is 19.3 Å². The zero-order chi connectivity index (χ0) is 10.9. The third kappa shape index (κ3) is 1.89. The minimum Gasteiger partial charge on any atom is -0.336 e. The highest BCUT2D eigenvalue weighted by Crippen LogP contribution is 2.33. The van der Waals surface area contributed by atoms with Crippen molar-refractivity contribution in [1.29, 1.82) is 0 Å². The van der Waals surface area contributed by atoms with Crippen LogP contribution in [0.4, 0.5) is 0 Å². The van der Waals surface area contributed by atoms with Crippen molar-refractivity contribution in [3.8, 4) is 0 Å². The molecule has 2 atom stereocenters. The van der Waals surface area contributed by atoms with Gasteiger partial charge in [0.05, 0.1) is 5.54 Å². The number of carbonyl (C=O) groups excluding carboxylic acids is 1. The van der Waals surface area contributed by atoms with E-state index < -0.39 is 0 Å². The van der Waals surface area contributed by atoms with Crippen molar-refractivity contribution < 1.29 is 4.79 Å². The molecule has 3 nitrogen and oxygen atoms in total. The Hall–Kier alpha value is -0.570. The molecule has 0 aromatic heterocycles. The van der Waals surface area contributed by atoms with Crippen LogP contribution in [-0.4, -0.2) is 35.5 Å². The summed E-state index contributed by atoms with van der Waals surface area (Å²) in [4.78, 5) is 13.8. The molecule has 0 radical (unpaired) electrons. The Morgan fingerprint density at radius 1 is 1.40 bits per heavy atom. The molecular formula is C12H22N2O. The predicted molar refractivity (Wildman–Crippen MR) is 60.7 cm³/mol. The zero-order valence-corrected chi connectivity index (χ0v) is 9.88. The number of rotatable bonds is 0. The van der Waals surface area contributed by atoms with Crippen LogP contribution in [0.3, 0.4) is 0 Å². The van der Waals surface area contributed by atoms with Gasteiger partial charge in [0, 0.05) is 19.5 Å². The Balaban J connectivity index is 2.24. The minimum absolute atomic E-state index is 0.0700. The highest BCUT2D eigenvalue weighted by Gasteiger charge is 2.43. The van der Waals surface area contributed by atoms with Crippen LogP contribution in [0.15, 0.2) is 0 Å². The quantitative estimate of drug-likeness (QED) is 0.657. The number of nitrogens with one attached hydrogen (secondary N) is 1. The van der Waals surface area contributed by atoms with E-state index in [2.05, 4.69) is 17.1 Å². The molecule has 3 heteroatoms. The van der Waals surface area contributed by atoms with Gasteiger partial charge in [-0.05, 0) is 39.2 Å². The lowest BCUT2D eigenvalue weighted by molar-refractivity contribution is -0.136. The van der Waals surface area contributed by atoms with Crippen molar-refractivity contribution in [2.45, 2.75) is 57.5 Å². The summed E-state index contributed by atoms with van der Waals surface area (Å²) in [6.07, 6.45) is 5.98. The maximum Gasteiger partial charge on any atom is 0.219 e. The first kappa shape index (κ1) is 10.9. The van der Waals surface area contributed by atoms with E-state index in [-0.39, 0.29) is 11.4 Å². The van der Waals surface area contributed by atoms with Gasteiger partial charge in [-0.1, -0.05) is 6.42 Å². The number of likely N-dealkylation sites (tertiary alicyclic amines) is 1. The maximum absolute atomic E-state index is 11.7. The fourth-order valence-corrected chi connectivity index (χ4v) is 3.24. The number of fused-ring (bicyclic) bond motifs is 1. The molecule has 1 N–H and O–H groups in total. The van der Waals surface area contributed by atoms with Gasteiger partial charge < -0.3 is 10.2 Å². The summed E-state index contributed by atoms with van der Waals surface area (Å²) < 4.78 is 0. The van der Waals surface area contributed by atoms with E-state index in [4.69, 9.17) is 0 Å². The predicted octanol–water partition coefficient (Wildman–Crippen LogP) is 1.53. The Labute approximate surface area is 92.2 Å². The number of hydrogen-bond donors (Lipinski definition) is 1. The molecule has 1 amide bonds. The van der Waals surface area contributed by atoms with Crippen LogP contribution < -0.4 is 5.32 Å². The molecule has 2 heterocycles. The molecule has 2 fully saturated rings. The van der Waals surface area contributed by atoms with Crippen LogP contribution in [-0.2, 0) is 4.79 Å². The van der Waals surface area contributed by atoms with Crippen molar-refractivity contribution in [2.75, 3.05) is 13.1 Å². The van der Waals surface area contributed by atoms with Gasteiger partial charge in [0.15, 0.2) is 0 Å². The van der Waals surface area contributed by atoms with E-state index in [1.54, 1.807) is 6.92 Å². The molecule has 0 aromatic rings. The Morgan fingerprint density at radius 3 is 2.93 bits per heavy atom. The van der Waals surface area contributed by atoms with Gasteiger partial charge in [-0.25, -0.2) is 0 Å². The summed E-state index contributed by atoms with van der Waals surface area (Å²) in [6, 6.07) is 0.512. The Morgan fingerprint density at radius 2 is 2.20 bits per heavy atom. The first-order chi connectivity index (χ1) is 7.14. The second kappa shape index (κ2) is 4.12. The van der Waals surface area contributed by atoms with E-state index in [0.717, 1.165) is 25.9 Å². The third-order valence-corrected chi connectivity index (χ3v) is 4.12. The first-order valence-corrected chi connectivity index (χ1v) is 6.16. The van der Waals surface area contributed by atoms with Crippen LogP contribution in [0, 0.1) is 0 Å². The van der Waals surface area contributed by atoms with Gasteiger partial charge in [0.2, 0.25) is 5.91 Å². The fraction of sp³-hybridized carbons (Fsp3) is 0.917.